The van der Waals surface area contributed by atoms with Crippen molar-refractivity contribution in [2.24, 2.45) is 0 Å². The maximum Gasteiger partial charge on any atom is 0.106 e. The molecule has 84 valence electrons. The number of thiophene rings is 1. The molecule has 2 aromatic heterocycles. The molecule has 0 aliphatic rings. The molecule has 0 radical (unpaired) electrons. The number of hydrogen-bond acceptors (Lipinski definition) is 2. The van der Waals surface area contributed by atoms with Crippen LogP contribution in [0, 0.1) is 6.92 Å². The van der Waals surface area contributed by atoms with Gasteiger partial charge in [-0.25, -0.2) is 4.98 Å². The highest BCUT2D eigenvalue weighted by Crippen LogP contribution is 2.32. The minimum absolute atomic E-state index is 1.04. The first-order valence-electron chi connectivity index (χ1n) is 5.49. The van der Waals surface area contributed by atoms with Gasteiger partial charge in [0, 0.05) is 5.56 Å². The fourth-order valence-electron chi connectivity index (χ4n) is 1.95. The molecule has 0 atom stereocenters. The maximum absolute atomic E-state index is 4.43. The first-order valence-corrected chi connectivity index (χ1v) is 6.37. The summed E-state index contributed by atoms with van der Waals surface area (Å²) in [6, 6.07) is 12.5. The van der Waals surface area contributed by atoms with Crippen molar-refractivity contribution in [1.82, 2.24) is 9.97 Å². The van der Waals surface area contributed by atoms with E-state index in [-0.39, 0.29) is 0 Å². The smallest absolute Gasteiger partial charge is 0.106 e. The average molecular weight is 240 g/mol. The van der Waals surface area contributed by atoms with Crippen molar-refractivity contribution in [3.8, 4) is 21.8 Å². The quantitative estimate of drug-likeness (QED) is 0.717. The van der Waals surface area contributed by atoms with Gasteiger partial charge in [-0.1, -0.05) is 30.3 Å². The molecule has 1 N–H and O–H groups in total. The van der Waals surface area contributed by atoms with Gasteiger partial charge in [0.2, 0.25) is 0 Å². The molecule has 3 rings (SSSR count). The Morgan fingerprint density at radius 2 is 2.00 bits per heavy atom. The first-order chi connectivity index (χ1) is 8.36. The van der Waals surface area contributed by atoms with Crippen LogP contribution in [0.25, 0.3) is 21.8 Å². The zero-order valence-electron chi connectivity index (χ0n) is 9.47. The Hall–Kier alpha value is -1.87. The van der Waals surface area contributed by atoms with Gasteiger partial charge in [-0.2, -0.15) is 0 Å². The van der Waals surface area contributed by atoms with E-state index in [4.69, 9.17) is 0 Å². The van der Waals surface area contributed by atoms with Crippen LogP contribution in [0.3, 0.4) is 0 Å². The lowest BCUT2D eigenvalue weighted by Crippen LogP contribution is -1.85. The van der Waals surface area contributed by atoms with E-state index in [0.29, 0.717) is 0 Å². The number of imidazole rings is 1. The molecule has 3 heteroatoms. The number of aromatic nitrogens is 2. The second-order valence-electron chi connectivity index (χ2n) is 3.92. The van der Waals surface area contributed by atoms with Gasteiger partial charge < -0.3 is 4.98 Å². The van der Waals surface area contributed by atoms with Crippen LogP contribution in [-0.2, 0) is 0 Å². The van der Waals surface area contributed by atoms with Crippen LogP contribution < -0.4 is 0 Å². The van der Waals surface area contributed by atoms with Crippen LogP contribution in [0.4, 0.5) is 0 Å². The third-order valence-electron chi connectivity index (χ3n) is 2.81. The van der Waals surface area contributed by atoms with E-state index in [2.05, 4.69) is 58.7 Å². The molecule has 0 aliphatic carbocycles. The number of nitrogens with one attached hydrogen (secondary N) is 1. The number of H-pyrrole nitrogens is 1. The van der Waals surface area contributed by atoms with E-state index in [9.17, 15) is 0 Å². The summed E-state index contributed by atoms with van der Waals surface area (Å²) in [5.74, 6) is 0. The molecular formula is C14H12N2S. The number of hydrogen-bond donors (Lipinski definition) is 1. The predicted octanol–water partition coefficient (Wildman–Crippen LogP) is 4.11. The molecule has 1 aromatic carbocycles. The Morgan fingerprint density at radius 1 is 1.12 bits per heavy atom. The van der Waals surface area contributed by atoms with Crippen molar-refractivity contribution >= 4 is 11.3 Å². The summed E-state index contributed by atoms with van der Waals surface area (Å²) in [5, 5.41) is 2.08. The van der Waals surface area contributed by atoms with Crippen molar-refractivity contribution in [1.29, 1.82) is 0 Å². The van der Waals surface area contributed by atoms with Crippen LogP contribution in [0.15, 0.2) is 48.1 Å². The highest BCUT2D eigenvalue weighted by molar-refractivity contribution is 7.13. The van der Waals surface area contributed by atoms with E-state index in [1.165, 1.54) is 16.0 Å². The monoisotopic (exact) mass is 240 g/mol. The summed E-state index contributed by atoms with van der Waals surface area (Å²) in [7, 11) is 0. The standard InChI is InChI=1S/C14H12N2S/c1-10-5-2-3-6-11(10)13-14(16-9-15-13)12-7-4-8-17-12/h2-9H,1H3,(H,15,16). The number of benzene rings is 1. The lowest BCUT2D eigenvalue weighted by Gasteiger charge is -2.04. The minimum Gasteiger partial charge on any atom is -0.344 e. The normalized spacial score (nSPS) is 10.6. The largest absolute Gasteiger partial charge is 0.344 e. The number of nitrogens with zero attached hydrogens (tertiary/aromatic N) is 1. The molecule has 0 fully saturated rings. The Labute approximate surface area is 104 Å². The predicted molar refractivity (Wildman–Crippen MR) is 72.1 cm³/mol. The molecule has 0 saturated heterocycles. The number of aryl methyl sites for hydroxylation is 1. The molecular weight excluding hydrogens is 228 g/mol. The Kier molecular flexibility index (Phi) is 2.53. The van der Waals surface area contributed by atoms with Gasteiger partial charge in [-0.05, 0) is 23.9 Å². The van der Waals surface area contributed by atoms with Gasteiger partial charge in [0.1, 0.15) is 5.69 Å². The number of rotatable bonds is 2. The van der Waals surface area contributed by atoms with Gasteiger partial charge in [0.25, 0.3) is 0 Å². The highest BCUT2D eigenvalue weighted by Gasteiger charge is 2.12. The summed E-state index contributed by atoms with van der Waals surface area (Å²) in [5.41, 5.74) is 4.61. The SMILES string of the molecule is Cc1ccccc1-c1[nH]cnc1-c1cccs1. The molecule has 17 heavy (non-hydrogen) atoms. The molecule has 2 heterocycles. The van der Waals surface area contributed by atoms with E-state index < -0.39 is 0 Å². The number of aromatic amines is 1. The van der Waals surface area contributed by atoms with Gasteiger partial charge >= 0.3 is 0 Å². The Balaban J connectivity index is 2.17. The molecule has 0 saturated carbocycles. The summed E-state index contributed by atoms with van der Waals surface area (Å²) in [4.78, 5) is 8.88. The minimum atomic E-state index is 1.04. The Morgan fingerprint density at radius 3 is 2.76 bits per heavy atom. The van der Waals surface area contributed by atoms with Crippen molar-refractivity contribution in [3.05, 3.63) is 53.7 Å². The van der Waals surface area contributed by atoms with Gasteiger partial charge in [0.05, 0.1) is 16.9 Å². The first kappa shape index (κ1) is 10.3. The molecule has 2 nitrogen and oxygen atoms in total. The summed E-state index contributed by atoms with van der Waals surface area (Å²) in [6.45, 7) is 2.12. The van der Waals surface area contributed by atoms with Crippen molar-refractivity contribution in [2.75, 3.05) is 0 Å². The fourth-order valence-corrected chi connectivity index (χ4v) is 2.68. The second kappa shape index (κ2) is 4.18. The molecule has 0 bridgehead atoms. The third-order valence-corrected chi connectivity index (χ3v) is 3.68. The molecule has 0 unspecified atom stereocenters. The van der Waals surface area contributed by atoms with Crippen LogP contribution in [0.1, 0.15) is 5.56 Å². The topological polar surface area (TPSA) is 28.7 Å². The second-order valence-corrected chi connectivity index (χ2v) is 4.87. The van der Waals surface area contributed by atoms with E-state index in [1.807, 2.05) is 0 Å². The highest BCUT2D eigenvalue weighted by atomic mass is 32.1. The average Bonchev–Trinajstić information content (AvgIpc) is 3.00. The summed E-state index contributed by atoms with van der Waals surface area (Å²) >= 11 is 1.71. The van der Waals surface area contributed by atoms with Gasteiger partial charge in [-0.15, -0.1) is 11.3 Å². The molecule has 0 aliphatic heterocycles. The van der Waals surface area contributed by atoms with E-state index >= 15 is 0 Å². The van der Waals surface area contributed by atoms with Crippen LogP contribution in [0.5, 0.6) is 0 Å². The Bertz CT molecular complexity index is 623. The van der Waals surface area contributed by atoms with Crippen molar-refractivity contribution in [2.45, 2.75) is 6.92 Å². The third kappa shape index (κ3) is 1.78. The summed E-state index contributed by atoms with van der Waals surface area (Å²) < 4.78 is 0. The molecule has 3 aromatic rings. The summed E-state index contributed by atoms with van der Waals surface area (Å²) in [6.07, 6.45) is 1.76. The van der Waals surface area contributed by atoms with Crippen molar-refractivity contribution < 1.29 is 0 Å². The fraction of sp³-hybridized carbons (Fsp3) is 0.0714. The van der Waals surface area contributed by atoms with Crippen LogP contribution in [-0.4, -0.2) is 9.97 Å². The lowest BCUT2D eigenvalue weighted by atomic mass is 10.0. The van der Waals surface area contributed by atoms with E-state index in [1.54, 1.807) is 17.7 Å². The molecule has 0 amide bonds. The van der Waals surface area contributed by atoms with Gasteiger partial charge in [0.15, 0.2) is 0 Å². The maximum atomic E-state index is 4.43. The van der Waals surface area contributed by atoms with Gasteiger partial charge in [-0.3, -0.25) is 0 Å². The van der Waals surface area contributed by atoms with Crippen LogP contribution >= 0.6 is 11.3 Å². The van der Waals surface area contributed by atoms with Crippen molar-refractivity contribution in [3.63, 3.8) is 0 Å². The lowest BCUT2D eigenvalue weighted by molar-refractivity contribution is 1.31. The van der Waals surface area contributed by atoms with E-state index in [0.717, 1.165) is 11.4 Å². The zero-order valence-corrected chi connectivity index (χ0v) is 10.3. The molecule has 0 spiro atoms. The van der Waals surface area contributed by atoms with Crippen LogP contribution in [0.2, 0.25) is 0 Å². The zero-order chi connectivity index (χ0) is 11.7.